The first kappa shape index (κ1) is 20.9. The lowest BCUT2D eigenvalue weighted by atomic mass is 10.00. The van der Waals surface area contributed by atoms with Crippen LogP contribution in [0.2, 0.25) is 0 Å². The summed E-state index contributed by atoms with van der Waals surface area (Å²) in [6.07, 6.45) is -5.38. The molecule has 6 N–H and O–H groups in total. The maximum absolute atomic E-state index is 12.8. The van der Waals surface area contributed by atoms with Crippen molar-refractivity contribution in [3.8, 4) is 34.1 Å². The van der Waals surface area contributed by atoms with Gasteiger partial charge in [-0.1, -0.05) is 6.07 Å². The largest absolute Gasteiger partial charge is 0.508 e. The minimum Gasteiger partial charge on any atom is -0.508 e. The Bertz CT molecular complexity index is 1190. The van der Waals surface area contributed by atoms with Crippen molar-refractivity contribution in [1.82, 2.24) is 0 Å². The summed E-state index contributed by atoms with van der Waals surface area (Å²) in [6, 6.07) is 6.18. The first-order valence-corrected chi connectivity index (χ1v) is 9.34. The van der Waals surface area contributed by atoms with Crippen molar-refractivity contribution in [3.05, 3.63) is 46.8 Å². The molecule has 5 atom stereocenters. The van der Waals surface area contributed by atoms with Gasteiger partial charge in [0.2, 0.25) is 11.7 Å². The number of ether oxygens (including phenoxy) is 2. The number of phenolic OH excluding ortho intramolecular Hbond substituents is 3. The number of phenols is 3. The summed E-state index contributed by atoms with van der Waals surface area (Å²) in [5.41, 5.74) is -0.295. The Balaban J connectivity index is 1.65. The summed E-state index contributed by atoms with van der Waals surface area (Å²) in [5, 5.41) is 59.4. The SMILES string of the molecule is C[C@H]1O[C@@H](Oc2ccc(-c3coc4cc(O)cc(O)c4c3=O)cc2O)[C@H](O)[C@@H](O)[C@@H]1O. The molecule has 0 amide bonds. The Kier molecular flexibility index (Phi) is 5.23. The molecule has 0 saturated carbocycles. The van der Waals surface area contributed by atoms with E-state index in [1.54, 1.807) is 0 Å². The summed E-state index contributed by atoms with van der Waals surface area (Å²) in [6.45, 7) is 1.49. The number of rotatable bonds is 3. The maximum atomic E-state index is 12.8. The number of fused-ring (bicyclic) bond motifs is 1. The lowest BCUT2D eigenvalue weighted by Crippen LogP contribution is -2.58. The lowest BCUT2D eigenvalue weighted by Gasteiger charge is -2.38. The summed E-state index contributed by atoms with van der Waals surface area (Å²) in [5.74, 6) is -1.20. The van der Waals surface area contributed by atoms with Crippen LogP contribution >= 0.6 is 0 Å². The van der Waals surface area contributed by atoms with Gasteiger partial charge in [-0.15, -0.1) is 0 Å². The van der Waals surface area contributed by atoms with E-state index >= 15 is 0 Å². The average Bonchev–Trinajstić information content (AvgIpc) is 2.71. The Labute approximate surface area is 174 Å². The molecule has 2 heterocycles. The molecule has 4 rings (SSSR count). The summed E-state index contributed by atoms with van der Waals surface area (Å²) >= 11 is 0. The first-order valence-electron chi connectivity index (χ1n) is 9.34. The van der Waals surface area contributed by atoms with Crippen molar-refractivity contribution in [1.29, 1.82) is 0 Å². The zero-order valence-corrected chi connectivity index (χ0v) is 16.2. The fraction of sp³-hybridized carbons (Fsp3) is 0.286. The molecule has 1 aliphatic heterocycles. The predicted molar refractivity (Wildman–Crippen MR) is 106 cm³/mol. The van der Waals surface area contributed by atoms with Crippen LogP contribution in [0.15, 0.2) is 45.8 Å². The zero-order chi connectivity index (χ0) is 22.4. The van der Waals surface area contributed by atoms with Gasteiger partial charge >= 0.3 is 0 Å². The highest BCUT2D eigenvalue weighted by Crippen LogP contribution is 2.35. The number of aromatic hydroxyl groups is 3. The van der Waals surface area contributed by atoms with Gasteiger partial charge in [-0.2, -0.15) is 0 Å². The van der Waals surface area contributed by atoms with Crippen LogP contribution in [-0.2, 0) is 4.74 Å². The van der Waals surface area contributed by atoms with Gasteiger partial charge in [-0.3, -0.25) is 4.79 Å². The van der Waals surface area contributed by atoms with Crippen LogP contribution in [0.4, 0.5) is 0 Å². The van der Waals surface area contributed by atoms with Gasteiger partial charge in [-0.25, -0.2) is 0 Å². The molecule has 3 aromatic rings. The van der Waals surface area contributed by atoms with Gasteiger partial charge in [0.25, 0.3) is 0 Å². The minimum atomic E-state index is -1.56. The number of aliphatic hydroxyl groups excluding tert-OH is 3. The topological polar surface area (TPSA) is 170 Å². The van der Waals surface area contributed by atoms with Crippen LogP contribution in [0.3, 0.4) is 0 Å². The molecule has 10 heteroatoms. The molecule has 10 nitrogen and oxygen atoms in total. The van der Waals surface area contributed by atoms with E-state index in [2.05, 4.69) is 0 Å². The van der Waals surface area contributed by atoms with Gasteiger partial charge in [-0.05, 0) is 24.6 Å². The Morgan fingerprint density at radius 1 is 0.935 bits per heavy atom. The molecular formula is C21H20O10. The molecule has 0 unspecified atom stereocenters. The van der Waals surface area contributed by atoms with Crippen molar-refractivity contribution < 1.29 is 44.5 Å². The van der Waals surface area contributed by atoms with Gasteiger partial charge in [0, 0.05) is 12.1 Å². The second-order valence-electron chi connectivity index (χ2n) is 7.30. The van der Waals surface area contributed by atoms with Gasteiger partial charge < -0.3 is 44.5 Å². The van der Waals surface area contributed by atoms with E-state index in [0.717, 1.165) is 12.3 Å². The highest BCUT2D eigenvalue weighted by Gasteiger charge is 2.43. The number of hydrogen-bond donors (Lipinski definition) is 6. The van der Waals surface area contributed by atoms with Gasteiger partial charge in [0.05, 0.1) is 11.7 Å². The van der Waals surface area contributed by atoms with Crippen LogP contribution in [-0.4, -0.2) is 61.3 Å². The van der Waals surface area contributed by atoms with Crippen molar-refractivity contribution in [2.75, 3.05) is 0 Å². The molecule has 1 saturated heterocycles. The third-order valence-corrected chi connectivity index (χ3v) is 5.16. The van der Waals surface area contributed by atoms with E-state index in [9.17, 15) is 35.4 Å². The molecule has 164 valence electrons. The highest BCUT2D eigenvalue weighted by molar-refractivity contribution is 5.88. The third-order valence-electron chi connectivity index (χ3n) is 5.16. The third kappa shape index (κ3) is 3.66. The van der Waals surface area contributed by atoms with E-state index in [1.807, 2.05) is 0 Å². The highest BCUT2D eigenvalue weighted by atomic mass is 16.7. The van der Waals surface area contributed by atoms with E-state index in [0.29, 0.717) is 0 Å². The second kappa shape index (κ2) is 7.75. The first-order chi connectivity index (χ1) is 14.7. The number of aliphatic hydroxyl groups is 3. The van der Waals surface area contributed by atoms with Gasteiger partial charge in [0.15, 0.2) is 11.5 Å². The zero-order valence-electron chi connectivity index (χ0n) is 16.2. The molecule has 1 aromatic heterocycles. The molecule has 0 aliphatic carbocycles. The van der Waals surface area contributed by atoms with E-state index in [4.69, 9.17) is 13.9 Å². The van der Waals surface area contributed by atoms with Crippen molar-refractivity contribution in [3.63, 3.8) is 0 Å². The van der Waals surface area contributed by atoms with Gasteiger partial charge in [0.1, 0.15) is 47.0 Å². The summed E-state index contributed by atoms with van der Waals surface area (Å²) in [4.78, 5) is 12.8. The van der Waals surface area contributed by atoms with E-state index in [-0.39, 0.29) is 33.6 Å². The fourth-order valence-corrected chi connectivity index (χ4v) is 3.44. The van der Waals surface area contributed by atoms with E-state index in [1.165, 1.54) is 31.2 Å². The maximum Gasteiger partial charge on any atom is 0.229 e. The normalized spacial score (nSPS) is 26.1. The van der Waals surface area contributed by atoms with Crippen LogP contribution in [0.5, 0.6) is 23.0 Å². The average molecular weight is 432 g/mol. The molecular weight excluding hydrogens is 412 g/mol. The minimum absolute atomic E-state index is 0.00581. The Hall–Kier alpha value is -3.31. The lowest BCUT2D eigenvalue weighted by molar-refractivity contribution is -0.268. The number of benzene rings is 2. The number of hydrogen-bond acceptors (Lipinski definition) is 10. The Morgan fingerprint density at radius 2 is 1.68 bits per heavy atom. The smallest absolute Gasteiger partial charge is 0.229 e. The van der Waals surface area contributed by atoms with Crippen molar-refractivity contribution in [2.45, 2.75) is 37.6 Å². The molecule has 0 radical (unpaired) electrons. The summed E-state index contributed by atoms with van der Waals surface area (Å²) < 4.78 is 16.1. The molecule has 0 bridgehead atoms. The molecule has 31 heavy (non-hydrogen) atoms. The van der Waals surface area contributed by atoms with Crippen LogP contribution in [0, 0.1) is 0 Å². The predicted octanol–water partition coefficient (Wildman–Crippen LogP) is 0.783. The molecule has 1 fully saturated rings. The molecule has 2 aromatic carbocycles. The summed E-state index contributed by atoms with van der Waals surface area (Å²) in [7, 11) is 0. The van der Waals surface area contributed by atoms with Crippen molar-refractivity contribution >= 4 is 11.0 Å². The van der Waals surface area contributed by atoms with Crippen LogP contribution < -0.4 is 10.2 Å². The fourth-order valence-electron chi connectivity index (χ4n) is 3.44. The second-order valence-corrected chi connectivity index (χ2v) is 7.30. The monoisotopic (exact) mass is 432 g/mol. The van der Waals surface area contributed by atoms with E-state index < -0.39 is 47.6 Å². The quantitative estimate of drug-likeness (QED) is 0.348. The van der Waals surface area contributed by atoms with Crippen molar-refractivity contribution in [2.24, 2.45) is 0 Å². The molecule has 0 spiro atoms. The Morgan fingerprint density at radius 3 is 2.39 bits per heavy atom. The van der Waals surface area contributed by atoms with Crippen LogP contribution in [0.1, 0.15) is 6.92 Å². The van der Waals surface area contributed by atoms with Crippen LogP contribution in [0.25, 0.3) is 22.1 Å². The molecule has 1 aliphatic rings. The standard InChI is InChI=1S/C21H20O10/c1-8-17(25)19(27)20(28)21(30-8)31-14-3-2-9(4-12(14)23)11-7-29-15-6-10(22)5-13(24)16(15)18(11)26/h2-8,17,19-25,27-28H,1H3/t8-,17-,19+,20-,21+/m1/s1.